The van der Waals surface area contributed by atoms with Crippen LogP contribution >= 0.6 is 0 Å². The summed E-state index contributed by atoms with van der Waals surface area (Å²) in [5, 5.41) is 12.7. The first kappa shape index (κ1) is 14.5. The van der Waals surface area contributed by atoms with E-state index < -0.39 is 0 Å². The average molecular weight is 310 g/mol. The standard InChI is InChI=1S/C23H18O/c1-16-21(17-10-4-2-5-11-17)22(18-12-6-3-7-13-18)19-14-8-9-15-20(19)23(16)24/h2-15,24H,1H3. The third-order valence-corrected chi connectivity index (χ3v) is 4.56. The summed E-state index contributed by atoms with van der Waals surface area (Å²) in [6.45, 7) is 2.00. The Morgan fingerprint density at radius 3 is 1.58 bits per heavy atom. The number of hydrogen-bond acceptors (Lipinski definition) is 1. The molecule has 116 valence electrons. The van der Waals surface area contributed by atoms with E-state index in [4.69, 9.17) is 0 Å². The lowest BCUT2D eigenvalue weighted by Gasteiger charge is -2.19. The van der Waals surface area contributed by atoms with E-state index in [0.717, 1.165) is 33.0 Å². The Balaban J connectivity index is 2.20. The van der Waals surface area contributed by atoms with E-state index in [-0.39, 0.29) is 0 Å². The molecule has 0 saturated heterocycles. The highest BCUT2D eigenvalue weighted by atomic mass is 16.3. The molecular formula is C23H18O. The number of phenolic OH excluding ortho intramolecular Hbond substituents is 1. The fourth-order valence-electron chi connectivity index (χ4n) is 3.42. The summed E-state index contributed by atoms with van der Waals surface area (Å²) in [5.41, 5.74) is 5.47. The minimum absolute atomic E-state index is 0.365. The van der Waals surface area contributed by atoms with Crippen LogP contribution in [0.25, 0.3) is 33.0 Å². The van der Waals surface area contributed by atoms with E-state index in [1.807, 2.05) is 49.4 Å². The van der Waals surface area contributed by atoms with E-state index in [9.17, 15) is 5.11 Å². The molecule has 0 aliphatic rings. The van der Waals surface area contributed by atoms with Crippen molar-refractivity contribution in [1.82, 2.24) is 0 Å². The highest BCUT2D eigenvalue weighted by Crippen LogP contribution is 2.45. The molecule has 4 rings (SSSR count). The molecule has 0 radical (unpaired) electrons. The topological polar surface area (TPSA) is 20.2 Å². The van der Waals surface area contributed by atoms with Gasteiger partial charge >= 0.3 is 0 Å². The Hall–Kier alpha value is -3.06. The number of fused-ring (bicyclic) bond motifs is 1. The van der Waals surface area contributed by atoms with Crippen LogP contribution in [0, 0.1) is 6.92 Å². The second kappa shape index (κ2) is 5.86. The largest absolute Gasteiger partial charge is 0.507 e. The smallest absolute Gasteiger partial charge is 0.126 e. The van der Waals surface area contributed by atoms with Crippen LogP contribution in [-0.4, -0.2) is 5.11 Å². The van der Waals surface area contributed by atoms with Crippen LogP contribution in [0.2, 0.25) is 0 Å². The summed E-state index contributed by atoms with van der Waals surface area (Å²) in [7, 11) is 0. The lowest BCUT2D eigenvalue weighted by atomic mass is 9.86. The maximum Gasteiger partial charge on any atom is 0.126 e. The van der Waals surface area contributed by atoms with Gasteiger partial charge in [0, 0.05) is 5.39 Å². The molecule has 0 saturated carbocycles. The average Bonchev–Trinajstić information content (AvgIpc) is 2.66. The fraction of sp³-hybridized carbons (Fsp3) is 0.0435. The zero-order valence-electron chi connectivity index (χ0n) is 13.5. The fourth-order valence-corrected chi connectivity index (χ4v) is 3.42. The third kappa shape index (κ3) is 2.26. The summed E-state index contributed by atoms with van der Waals surface area (Å²) in [6, 6.07) is 28.8. The molecule has 0 fully saturated rings. The van der Waals surface area contributed by atoms with Gasteiger partial charge in [-0.2, -0.15) is 0 Å². The number of aromatic hydroxyl groups is 1. The van der Waals surface area contributed by atoms with Crippen molar-refractivity contribution < 1.29 is 5.11 Å². The second-order valence-corrected chi connectivity index (χ2v) is 6.00. The molecule has 0 atom stereocenters. The van der Waals surface area contributed by atoms with Gasteiger partial charge in [-0.05, 0) is 40.1 Å². The Morgan fingerprint density at radius 1 is 0.542 bits per heavy atom. The lowest BCUT2D eigenvalue weighted by molar-refractivity contribution is 0.478. The Bertz CT molecular complexity index is 1000. The molecule has 1 heteroatoms. The quantitative estimate of drug-likeness (QED) is 0.468. The SMILES string of the molecule is Cc1c(-c2ccccc2)c(-c2ccccc2)c2ccccc2c1O. The number of rotatable bonds is 2. The van der Waals surface area contributed by atoms with E-state index in [1.165, 1.54) is 5.56 Å². The molecule has 0 aromatic heterocycles. The van der Waals surface area contributed by atoms with Crippen molar-refractivity contribution in [2.45, 2.75) is 6.92 Å². The van der Waals surface area contributed by atoms with Crippen molar-refractivity contribution in [3.8, 4) is 28.0 Å². The van der Waals surface area contributed by atoms with E-state index in [0.29, 0.717) is 5.75 Å². The normalized spacial score (nSPS) is 10.9. The van der Waals surface area contributed by atoms with Crippen LogP contribution in [0.4, 0.5) is 0 Å². The van der Waals surface area contributed by atoms with Gasteiger partial charge in [0.1, 0.15) is 5.75 Å². The van der Waals surface area contributed by atoms with Gasteiger partial charge in [-0.15, -0.1) is 0 Å². The number of benzene rings is 4. The molecule has 0 unspecified atom stereocenters. The summed E-state index contributed by atoms with van der Waals surface area (Å²) in [6.07, 6.45) is 0. The molecular weight excluding hydrogens is 292 g/mol. The predicted molar refractivity (Wildman–Crippen MR) is 101 cm³/mol. The molecule has 24 heavy (non-hydrogen) atoms. The number of hydrogen-bond donors (Lipinski definition) is 1. The first-order chi connectivity index (χ1) is 11.8. The summed E-state index contributed by atoms with van der Waals surface area (Å²) >= 11 is 0. The van der Waals surface area contributed by atoms with Gasteiger partial charge < -0.3 is 5.11 Å². The molecule has 1 N–H and O–H groups in total. The van der Waals surface area contributed by atoms with Gasteiger partial charge in [0.2, 0.25) is 0 Å². The first-order valence-corrected chi connectivity index (χ1v) is 8.12. The van der Waals surface area contributed by atoms with Crippen LogP contribution in [0.1, 0.15) is 5.56 Å². The van der Waals surface area contributed by atoms with Gasteiger partial charge in [0.25, 0.3) is 0 Å². The summed E-state index contributed by atoms with van der Waals surface area (Å²) in [5.74, 6) is 0.365. The summed E-state index contributed by atoms with van der Waals surface area (Å²) < 4.78 is 0. The monoisotopic (exact) mass is 310 g/mol. The van der Waals surface area contributed by atoms with Crippen LogP contribution in [0.3, 0.4) is 0 Å². The van der Waals surface area contributed by atoms with Crippen molar-refractivity contribution in [2.24, 2.45) is 0 Å². The van der Waals surface area contributed by atoms with Crippen molar-refractivity contribution in [2.75, 3.05) is 0 Å². The molecule has 0 heterocycles. The van der Waals surface area contributed by atoms with E-state index in [1.54, 1.807) is 0 Å². The Morgan fingerprint density at radius 2 is 1.00 bits per heavy atom. The van der Waals surface area contributed by atoms with Gasteiger partial charge in [-0.25, -0.2) is 0 Å². The molecule has 0 aliphatic heterocycles. The van der Waals surface area contributed by atoms with Crippen LogP contribution in [0.15, 0.2) is 84.9 Å². The zero-order valence-corrected chi connectivity index (χ0v) is 13.5. The van der Waals surface area contributed by atoms with Crippen LogP contribution in [0.5, 0.6) is 5.75 Å². The van der Waals surface area contributed by atoms with Crippen molar-refractivity contribution in [1.29, 1.82) is 0 Å². The molecule has 4 aromatic carbocycles. The number of phenols is 1. The second-order valence-electron chi connectivity index (χ2n) is 6.00. The Kier molecular flexibility index (Phi) is 3.55. The van der Waals surface area contributed by atoms with Gasteiger partial charge in [-0.1, -0.05) is 84.9 Å². The van der Waals surface area contributed by atoms with Crippen molar-refractivity contribution in [3.63, 3.8) is 0 Å². The zero-order chi connectivity index (χ0) is 16.5. The van der Waals surface area contributed by atoms with Crippen molar-refractivity contribution >= 4 is 10.8 Å². The molecule has 0 spiro atoms. The molecule has 4 aromatic rings. The van der Waals surface area contributed by atoms with Crippen LogP contribution < -0.4 is 0 Å². The maximum atomic E-state index is 10.8. The minimum Gasteiger partial charge on any atom is -0.507 e. The third-order valence-electron chi connectivity index (χ3n) is 4.56. The Labute approximate surface area is 141 Å². The molecule has 0 amide bonds. The van der Waals surface area contributed by atoms with Gasteiger partial charge in [0.15, 0.2) is 0 Å². The van der Waals surface area contributed by atoms with Crippen molar-refractivity contribution in [3.05, 3.63) is 90.5 Å². The van der Waals surface area contributed by atoms with E-state index >= 15 is 0 Å². The highest BCUT2D eigenvalue weighted by molar-refractivity contribution is 6.08. The van der Waals surface area contributed by atoms with Gasteiger partial charge in [0.05, 0.1) is 0 Å². The molecule has 1 nitrogen and oxygen atoms in total. The molecule has 0 bridgehead atoms. The lowest BCUT2D eigenvalue weighted by Crippen LogP contribution is -1.93. The minimum atomic E-state index is 0.365. The van der Waals surface area contributed by atoms with Crippen LogP contribution in [-0.2, 0) is 0 Å². The highest BCUT2D eigenvalue weighted by Gasteiger charge is 2.18. The summed E-state index contributed by atoms with van der Waals surface area (Å²) in [4.78, 5) is 0. The predicted octanol–water partition coefficient (Wildman–Crippen LogP) is 6.19. The maximum absolute atomic E-state index is 10.8. The van der Waals surface area contributed by atoms with Gasteiger partial charge in [-0.3, -0.25) is 0 Å². The molecule has 0 aliphatic carbocycles. The first-order valence-electron chi connectivity index (χ1n) is 8.12. The van der Waals surface area contributed by atoms with E-state index in [2.05, 4.69) is 42.5 Å².